The minimum Gasteiger partial charge on any atom is -0.374 e. The quantitative estimate of drug-likeness (QED) is 0.178. The van der Waals surface area contributed by atoms with Crippen LogP contribution in [0.25, 0.3) is 11.1 Å². The molecular weight excluding hydrogens is 472 g/mol. The summed E-state index contributed by atoms with van der Waals surface area (Å²) >= 11 is 0. The van der Waals surface area contributed by atoms with Crippen molar-refractivity contribution in [3.05, 3.63) is 114 Å². The highest BCUT2D eigenvalue weighted by atomic mass is 15.1. The maximum absolute atomic E-state index is 4.41. The molecule has 39 heavy (non-hydrogen) atoms. The van der Waals surface area contributed by atoms with Gasteiger partial charge in [-0.05, 0) is 119 Å². The van der Waals surface area contributed by atoms with Crippen LogP contribution in [0, 0.1) is 0 Å². The largest absolute Gasteiger partial charge is 0.374 e. The summed E-state index contributed by atoms with van der Waals surface area (Å²) in [5.41, 5.74) is 11.7. The lowest BCUT2D eigenvalue weighted by Gasteiger charge is -2.23. The molecule has 0 saturated carbocycles. The minimum atomic E-state index is 0.881. The van der Waals surface area contributed by atoms with Crippen molar-refractivity contribution < 1.29 is 0 Å². The van der Waals surface area contributed by atoms with Crippen LogP contribution in [0.5, 0.6) is 0 Å². The zero-order valence-electron chi connectivity index (χ0n) is 26.2. The predicted octanol–water partition coefficient (Wildman–Crippen LogP) is 10.7. The Hall–Kier alpha value is -3.26. The molecule has 0 aliphatic rings. The molecule has 0 atom stereocenters. The molecule has 0 bridgehead atoms. The molecule has 0 unspecified atom stereocenters. The Morgan fingerprint density at radius 3 is 2.03 bits per heavy atom. The summed E-state index contributed by atoms with van der Waals surface area (Å²) in [6.45, 7) is 30.1. The summed E-state index contributed by atoms with van der Waals surface area (Å²) < 4.78 is 0. The van der Waals surface area contributed by atoms with Crippen LogP contribution in [-0.4, -0.2) is 25.0 Å². The highest BCUT2D eigenvalue weighted by Gasteiger charge is 2.11. The van der Waals surface area contributed by atoms with Crippen LogP contribution in [-0.2, 0) is 6.54 Å². The first-order chi connectivity index (χ1) is 18.7. The number of nitrogens with zero attached hydrogens (tertiary/aromatic N) is 2. The molecule has 0 saturated heterocycles. The van der Waals surface area contributed by atoms with Crippen molar-refractivity contribution in [3.63, 3.8) is 0 Å². The second-order valence-electron chi connectivity index (χ2n) is 10.1. The van der Waals surface area contributed by atoms with Gasteiger partial charge in [-0.1, -0.05) is 68.1 Å². The van der Waals surface area contributed by atoms with Crippen molar-refractivity contribution in [3.8, 4) is 0 Å². The van der Waals surface area contributed by atoms with Crippen LogP contribution in [0.4, 0.5) is 5.69 Å². The second-order valence-corrected chi connectivity index (χ2v) is 10.1. The molecular formula is C37H54N2. The van der Waals surface area contributed by atoms with E-state index in [1.54, 1.807) is 6.08 Å². The summed E-state index contributed by atoms with van der Waals surface area (Å²) in [6, 6.07) is 17.9. The van der Waals surface area contributed by atoms with Crippen molar-refractivity contribution in [2.75, 3.05) is 25.0 Å². The Kier molecular flexibility index (Phi) is 15.7. The Balaban J connectivity index is 0.00000242. The lowest BCUT2D eigenvalue weighted by atomic mass is 9.91. The SMILES string of the molecule is C=C(CC)/C(CCCC(=C)N(C)Cc1cccc(/C(C)=C/C)c1)=C(/C)c1ccc(N(CC)CC)cc1.C=CC. The standard InChI is InChI=1S/C34H48N2.C3H6/c1-10-26(5)32-18-15-17-30(24-32)25-35(9)28(7)16-14-19-34(27(6)11-2)29(8)31-20-22-33(23-21-31)36(12-3)13-4;1-3-2/h10,15,17-18,20-24H,6-7,11-14,16,19,25H2,1-5,8-9H3;3H,1H2,2H3/b26-10+,34-29-;. The average molecular weight is 527 g/mol. The van der Waals surface area contributed by atoms with Gasteiger partial charge in [-0.2, -0.15) is 0 Å². The van der Waals surface area contributed by atoms with E-state index < -0.39 is 0 Å². The van der Waals surface area contributed by atoms with E-state index in [9.17, 15) is 0 Å². The van der Waals surface area contributed by atoms with Crippen molar-refractivity contribution in [2.24, 2.45) is 0 Å². The molecule has 0 radical (unpaired) electrons. The van der Waals surface area contributed by atoms with E-state index in [0.717, 1.165) is 45.3 Å². The van der Waals surface area contributed by atoms with Gasteiger partial charge in [0.05, 0.1) is 0 Å². The monoisotopic (exact) mass is 526 g/mol. The van der Waals surface area contributed by atoms with E-state index in [2.05, 4.69) is 133 Å². The predicted molar refractivity (Wildman–Crippen MR) is 178 cm³/mol. The molecule has 0 aliphatic carbocycles. The molecule has 2 heteroatoms. The zero-order chi connectivity index (χ0) is 29.4. The lowest BCUT2D eigenvalue weighted by molar-refractivity contribution is 0.393. The van der Waals surface area contributed by atoms with Gasteiger partial charge in [0, 0.05) is 38.1 Å². The first-order valence-corrected chi connectivity index (χ1v) is 14.6. The van der Waals surface area contributed by atoms with E-state index in [0.29, 0.717) is 0 Å². The van der Waals surface area contributed by atoms with Crippen molar-refractivity contribution >= 4 is 16.8 Å². The maximum Gasteiger partial charge on any atom is 0.0423 e. The van der Waals surface area contributed by atoms with E-state index in [1.807, 2.05) is 6.92 Å². The summed E-state index contributed by atoms with van der Waals surface area (Å²) in [5.74, 6) is 0. The molecule has 2 rings (SSSR count). The molecule has 2 aromatic carbocycles. The van der Waals surface area contributed by atoms with Crippen molar-refractivity contribution in [2.45, 2.75) is 80.7 Å². The van der Waals surface area contributed by atoms with Gasteiger partial charge in [0.2, 0.25) is 0 Å². The van der Waals surface area contributed by atoms with Gasteiger partial charge in [0.1, 0.15) is 0 Å². The van der Waals surface area contributed by atoms with Crippen LogP contribution in [0.3, 0.4) is 0 Å². The van der Waals surface area contributed by atoms with Gasteiger partial charge in [-0.15, -0.1) is 6.58 Å². The van der Waals surface area contributed by atoms with Gasteiger partial charge >= 0.3 is 0 Å². The van der Waals surface area contributed by atoms with Gasteiger partial charge in [0.15, 0.2) is 0 Å². The molecule has 0 amide bonds. The number of rotatable bonds is 14. The zero-order valence-corrected chi connectivity index (χ0v) is 26.2. The second kappa shape index (κ2) is 18.1. The van der Waals surface area contributed by atoms with E-state index in [1.165, 1.54) is 50.4 Å². The molecule has 212 valence electrons. The maximum atomic E-state index is 4.41. The Labute approximate surface area is 241 Å². The lowest BCUT2D eigenvalue weighted by Crippen LogP contribution is -2.21. The number of hydrogen-bond donors (Lipinski definition) is 0. The van der Waals surface area contributed by atoms with Crippen molar-refractivity contribution in [1.82, 2.24) is 4.90 Å². The Morgan fingerprint density at radius 1 is 0.872 bits per heavy atom. The summed E-state index contributed by atoms with van der Waals surface area (Å²) in [7, 11) is 2.15. The first kappa shape index (κ1) is 33.8. The fourth-order valence-electron chi connectivity index (χ4n) is 4.66. The topological polar surface area (TPSA) is 6.48 Å². The Morgan fingerprint density at radius 2 is 1.49 bits per heavy atom. The molecule has 0 aromatic heterocycles. The highest BCUT2D eigenvalue weighted by Crippen LogP contribution is 2.30. The fraction of sp³-hybridized carbons (Fsp3) is 0.405. The van der Waals surface area contributed by atoms with E-state index >= 15 is 0 Å². The van der Waals surface area contributed by atoms with E-state index in [-0.39, 0.29) is 0 Å². The third kappa shape index (κ3) is 10.8. The minimum absolute atomic E-state index is 0.881. The van der Waals surface area contributed by atoms with Crippen LogP contribution in [0.15, 0.2) is 97.3 Å². The number of benzene rings is 2. The van der Waals surface area contributed by atoms with Crippen LogP contribution in [0.1, 0.15) is 90.8 Å². The Bertz CT molecular complexity index is 1110. The third-order valence-electron chi connectivity index (χ3n) is 7.40. The highest BCUT2D eigenvalue weighted by molar-refractivity contribution is 5.72. The molecule has 2 nitrogen and oxygen atoms in total. The molecule has 0 aliphatic heterocycles. The third-order valence-corrected chi connectivity index (χ3v) is 7.40. The summed E-state index contributed by atoms with van der Waals surface area (Å²) in [4.78, 5) is 4.68. The number of hydrogen-bond acceptors (Lipinski definition) is 2. The smallest absolute Gasteiger partial charge is 0.0423 e. The van der Waals surface area contributed by atoms with Gasteiger partial charge in [0.25, 0.3) is 0 Å². The van der Waals surface area contributed by atoms with Crippen molar-refractivity contribution in [1.29, 1.82) is 0 Å². The van der Waals surface area contributed by atoms with E-state index in [4.69, 9.17) is 0 Å². The number of anilines is 1. The molecule has 2 aromatic rings. The van der Waals surface area contributed by atoms with Crippen LogP contribution in [0.2, 0.25) is 0 Å². The molecule has 0 N–H and O–H groups in total. The first-order valence-electron chi connectivity index (χ1n) is 14.6. The summed E-state index contributed by atoms with van der Waals surface area (Å²) in [5, 5.41) is 0. The van der Waals surface area contributed by atoms with Crippen LogP contribution >= 0.6 is 0 Å². The molecule has 0 fully saturated rings. The normalized spacial score (nSPS) is 11.6. The molecule has 0 spiro atoms. The van der Waals surface area contributed by atoms with Gasteiger partial charge in [-0.25, -0.2) is 0 Å². The fourth-order valence-corrected chi connectivity index (χ4v) is 4.66. The number of allylic oxidation sites excluding steroid dienone is 7. The average Bonchev–Trinajstić information content (AvgIpc) is 2.95. The van der Waals surface area contributed by atoms with Gasteiger partial charge < -0.3 is 9.80 Å². The van der Waals surface area contributed by atoms with Crippen LogP contribution < -0.4 is 4.90 Å². The summed E-state index contributed by atoms with van der Waals surface area (Å²) in [6.07, 6.45) is 7.98. The van der Waals surface area contributed by atoms with Gasteiger partial charge in [-0.3, -0.25) is 0 Å². The molecule has 0 heterocycles.